The summed E-state index contributed by atoms with van der Waals surface area (Å²) >= 11 is 4.66. The van der Waals surface area contributed by atoms with E-state index in [1.165, 1.54) is 11.3 Å². The molecule has 1 aliphatic heterocycles. The Hall–Kier alpha value is -0.920. The summed E-state index contributed by atoms with van der Waals surface area (Å²) in [6, 6.07) is 3.37. The van der Waals surface area contributed by atoms with E-state index in [-0.39, 0.29) is 11.8 Å². The average molecular weight is 360 g/mol. The fourth-order valence-electron chi connectivity index (χ4n) is 2.08. The smallest absolute Gasteiger partial charge is 0.262 e. The molecule has 3 N–H and O–H groups in total. The minimum atomic E-state index is -0.537. The maximum Gasteiger partial charge on any atom is 0.262 e. The van der Waals surface area contributed by atoms with Crippen LogP contribution in [0.4, 0.5) is 0 Å². The Morgan fingerprint density at radius 1 is 1.55 bits per heavy atom. The van der Waals surface area contributed by atoms with Crippen LogP contribution < -0.4 is 16.0 Å². The van der Waals surface area contributed by atoms with Crippen molar-refractivity contribution in [2.24, 2.45) is 0 Å². The largest absolute Gasteiger partial charge is 0.353 e. The van der Waals surface area contributed by atoms with Crippen LogP contribution in [0.1, 0.15) is 29.4 Å². The van der Waals surface area contributed by atoms with E-state index in [9.17, 15) is 9.59 Å². The first-order valence-corrected chi connectivity index (χ1v) is 8.24. The lowest BCUT2D eigenvalue weighted by Crippen LogP contribution is -2.47. The molecule has 7 heteroatoms. The van der Waals surface area contributed by atoms with Crippen LogP contribution >= 0.6 is 27.3 Å². The molecule has 1 aromatic rings. The molecule has 20 heavy (non-hydrogen) atoms. The van der Waals surface area contributed by atoms with E-state index in [2.05, 4.69) is 31.9 Å². The second-order valence-electron chi connectivity index (χ2n) is 4.84. The molecular formula is C13H18BrN3O2S. The fourth-order valence-corrected chi connectivity index (χ4v) is 3.37. The zero-order chi connectivity index (χ0) is 14.5. The number of amides is 2. The third-order valence-corrected chi connectivity index (χ3v) is 4.85. The van der Waals surface area contributed by atoms with Crippen LogP contribution in [0.25, 0.3) is 0 Å². The summed E-state index contributed by atoms with van der Waals surface area (Å²) < 4.78 is 0.895. The van der Waals surface area contributed by atoms with Crippen molar-refractivity contribution >= 4 is 39.1 Å². The van der Waals surface area contributed by atoms with Gasteiger partial charge in [-0.05, 0) is 54.4 Å². The summed E-state index contributed by atoms with van der Waals surface area (Å²) in [7, 11) is 0. The van der Waals surface area contributed by atoms with Gasteiger partial charge in [-0.3, -0.25) is 9.59 Å². The number of nitrogens with one attached hydrogen (secondary N) is 3. The highest BCUT2D eigenvalue weighted by molar-refractivity contribution is 9.11. The SMILES string of the molecule is CC(NC(=O)c1ccc(Br)s1)C(=O)NCC1CCCN1. The number of carbonyl (C=O) groups is 2. The lowest BCUT2D eigenvalue weighted by molar-refractivity contribution is -0.122. The maximum atomic E-state index is 11.9. The summed E-state index contributed by atoms with van der Waals surface area (Å²) in [6.07, 6.45) is 2.24. The zero-order valence-corrected chi connectivity index (χ0v) is 13.6. The van der Waals surface area contributed by atoms with E-state index in [4.69, 9.17) is 0 Å². The van der Waals surface area contributed by atoms with Crippen LogP contribution in [0.5, 0.6) is 0 Å². The van der Waals surface area contributed by atoms with Crippen LogP contribution in [0.2, 0.25) is 0 Å². The van der Waals surface area contributed by atoms with E-state index in [0.29, 0.717) is 17.5 Å². The van der Waals surface area contributed by atoms with Crippen molar-refractivity contribution in [2.75, 3.05) is 13.1 Å². The molecule has 2 amide bonds. The average Bonchev–Trinajstić information content (AvgIpc) is 3.06. The molecule has 1 saturated heterocycles. The standard InChI is InChI=1S/C13H18BrN3O2S/c1-8(12(18)16-7-9-3-2-6-15-9)17-13(19)10-4-5-11(14)20-10/h4-5,8-9,15H,2-3,6-7H2,1H3,(H,16,18)(H,17,19). The number of hydrogen-bond donors (Lipinski definition) is 3. The van der Waals surface area contributed by atoms with Crippen LogP contribution in [0, 0.1) is 0 Å². The zero-order valence-electron chi connectivity index (χ0n) is 11.2. The Labute approximate surface area is 130 Å². The molecule has 5 nitrogen and oxygen atoms in total. The highest BCUT2D eigenvalue weighted by atomic mass is 79.9. The summed E-state index contributed by atoms with van der Waals surface area (Å²) in [6.45, 7) is 3.32. The van der Waals surface area contributed by atoms with Gasteiger partial charge >= 0.3 is 0 Å². The summed E-state index contributed by atoms with van der Waals surface area (Å²) in [5.74, 6) is -0.370. The Bertz CT molecular complexity index is 486. The van der Waals surface area contributed by atoms with Crippen molar-refractivity contribution in [2.45, 2.75) is 31.8 Å². The molecule has 0 aromatic carbocycles. The molecule has 1 aromatic heterocycles. The monoisotopic (exact) mass is 359 g/mol. The molecule has 2 rings (SSSR count). The first kappa shape index (κ1) is 15.5. The van der Waals surface area contributed by atoms with E-state index in [1.807, 2.05) is 6.07 Å². The minimum Gasteiger partial charge on any atom is -0.353 e. The normalized spacial score (nSPS) is 19.6. The van der Waals surface area contributed by atoms with Gasteiger partial charge < -0.3 is 16.0 Å². The van der Waals surface area contributed by atoms with Crippen molar-refractivity contribution < 1.29 is 9.59 Å². The molecule has 1 fully saturated rings. The predicted molar refractivity (Wildman–Crippen MR) is 83.0 cm³/mol. The van der Waals surface area contributed by atoms with Gasteiger partial charge in [0.15, 0.2) is 0 Å². The van der Waals surface area contributed by atoms with Crippen molar-refractivity contribution in [1.82, 2.24) is 16.0 Å². The fraction of sp³-hybridized carbons (Fsp3) is 0.538. The van der Waals surface area contributed by atoms with Gasteiger partial charge in [0.25, 0.3) is 5.91 Å². The lowest BCUT2D eigenvalue weighted by Gasteiger charge is -2.16. The Morgan fingerprint density at radius 3 is 2.95 bits per heavy atom. The Kier molecular flexibility index (Phi) is 5.56. The van der Waals surface area contributed by atoms with E-state index < -0.39 is 6.04 Å². The van der Waals surface area contributed by atoms with Crippen molar-refractivity contribution in [3.05, 3.63) is 20.8 Å². The second-order valence-corrected chi connectivity index (χ2v) is 7.30. The molecule has 2 atom stereocenters. The molecule has 0 saturated carbocycles. The topological polar surface area (TPSA) is 70.2 Å². The first-order chi connectivity index (χ1) is 9.56. The minimum absolute atomic E-state index is 0.150. The molecule has 0 spiro atoms. The van der Waals surface area contributed by atoms with Gasteiger partial charge in [0.2, 0.25) is 5.91 Å². The quantitative estimate of drug-likeness (QED) is 0.745. The number of hydrogen-bond acceptors (Lipinski definition) is 4. The molecule has 2 heterocycles. The van der Waals surface area contributed by atoms with Crippen LogP contribution in [-0.2, 0) is 4.79 Å². The summed E-state index contributed by atoms with van der Waals surface area (Å²) in [5, 5.41) is 8.88. The molecule has 0 bridgehead atoms. The van der Waals surface area contributed by atoms with Crippen LogP contribution in [-0.4, -0.2) is 37.0 Å². The van der Waals surface area contributed by atoms with E-state index in [1.54, 1.807) is 13.0 Å². The van der Waals surface area contributed by atoms with Gasteiger partial charge in [-0.1, -0.05) is 0 Å². The van der Waals surface area contributed by atoms with Gasteiger partial charge in [0, 0.05) is 12.6 Å². The van der Waals surface area contributed by atoms with Gasteiger partial charge in [-0.15, -0.1) is 11.3 Å². The Balaban J connectivity index is 1.76. The molecule has 2 unspecified atom stereocenters. The molecular weight excluding hydrogens is 342 g/mol. The number of rotatable bonds is 5. The van der Waals surface area contributed by atoms with Gasteiger partial charge in [-0.25, -0.2) is 0 Å². The van der Waals surface area contributed by atoms with Crippen molar-refractivity contribution in [3.63, 3.8) is 0 Å². The number of thiophene rings is 1. The van der Waals surface area contributed by atoms with Crippen LogP contribution in [0.3, 0.4) is 0 Å². The summed E-state index contributed by atoms with van der Waals surface area (Å²) in [5.41, 5.74) is 0. The Morgan fingerprint density at radius 2 is 2.35 bits per heavy atom. The van der Waals surface area contributed by atoms with Crippen molar-refractivity contribution in [3.8, 4) is 0 Å². The summed E-state index contributed by atoms with van der Waals surface area (Å²) in [4.78, 5) is 24.4. The van der Waals surface area contributed by atoms with Crippen molar-refractivity contribution in [1.29, 1.82) is 0 Å². The molecule has 110 valence electrons. The molecule has 0 radical (unpaired) electrons. The third kappa shape index (κ3) is 4.29. The maximum absolute atomic E-state index is 11.9. The second kappa shape index (κ2) is 7.19. The first-order valence-electron chi connectivity index (χ1n) is 6.63. The number of halogens is 1. The van der Waals surface area contributed by atoms with Crippen LogP contribution in [0.15, 0.2) is 15.9 Å². The molecule has 1 aliphatic rings. The van der Waals surface area contributed by atoms with E-state index >= 15 is 0 Å². The highest BCUT2D eigenvalue weighted by Gasteiger charge is 2.19. The van der Waals surface area contributed by atoms with Gasteiger partial charge in [0.05, 0.1) is 8.66 Å². The third-order valence-electron chi connectivity index (χ3n) is 3.22. The lowest BCUT2D eigenvalue weighted by atomic mass is 10.2. The van der Waals surface area contributed by atoms with Gasteiger partial charge in [0.1, 0.15) is 6.04 Å². The number of carbonyl (C=O) groups excluding carboxylic acids is 2. The predicted octanol–water partition coefficient (Wildman–Crippen LogP) is 1.50. The van der Waals surface area contributed by atoms with Gasteiger partial charge in [-0.2, -0.15) is 0 Å². The highest BCUT2D eigenvalue weighted by Crippen LogP contribution is 2.21. The molecule has 0 aliphatic carbocycles. The van der Waals surface area contributed by atoms with E-state index in [0.717, 1.165) is 23.2 Å².